The van der Waals surface area contributed by atoms with Crippen LogP contribution in [0.2, 0.25) is 0 Å². The molecule has 1 aliphatic rings. The molecule has 4 nitrogen and oxygen atoms in total. The SMILES string of the molecule is CCCC1(CNc2cccc(C(=O)OCC)c2N)CC1. The first-order valence-corrected chi connectivity index (χ1v) is 7.41. The van der Waals surface area contributed by atoms with Gasteiger partial charge in [0.15, 0.2) is 0 Å². The second kappa shape index (κ2) is 6.16. The van der Waals surface area contributed by atoms with E-state index < -0.39 is 0 Å². The number of carbonyl (C=O) groups excluding carboxylic acids is 1. The average Bonchev–Trinajstić information content (AvgIpc) is 3.18. The summed E-state index contributed by atoms with van der Waals surface area (Å²) in [4.78, 5) is 11.8. The molecular formula is C16H24N2O2. The number of ether oxygens (including phenoxy) is 1. The lowest BCUT2D eigenvalue weighted by molar-refractivity contribution is 0.0527. The van der Waals surface area contributed by atoms with Crippen LogP contribution in [0.15, 0.2) is 18.2 Å². The smallest absolute Gasteiger partial charge is 0.340 e. The normalized spacial score (nSPS) is 15.7. The van der Waals surface area contributed by atoms with Gasteiger partial charge in [0.1, 0.15) is 0 Å². The molecule has 3 N–H and O–H groups in total. The number of esters is 1. The summed E-state index contributed by atoms with van der Waals surface area (Å²) in [6.45, 7) is 5.29. The van der Waals surface area contributed by atoms with E-state index in [0.717, 1.165) is 12.2 Å². The van der Waals surface area contributed by atoms with Gasteiger partial charge in [-0.2, -0.15) is 0 Å². The molecule has 0 saturated heterocycles. The second-order valence-corrected chi connectivity index (χ2v) is 5.59. The van der Waals surface area contributed by atoms with Crippen LogP contribution in [0.5, 0.6) is 0 Å². The highest BCUT2D eigenvalue weighted by Crippen LogP contribution is 2.49. The van der Waals surface area contributed by atoms with Crippen molar-refractivity contribution in [2.75, 3.05) is 24.2 Å². The first-order valence-electron chi connectivity index (χ1n) is 7.41. The Kier molecular flexibility index (Phi) is 4.53. The highest BCUT2D eigenvalue weighted by molar-refractivity contribution is 5.98. The van der Waals surface area contributed by atoms with Gasteiger partial charge in [-0.15, -0.1) is 0 Å². The Labute approximate surface area is 120 Å². The highest BCUT2D eigenvalue weighted by Gasteiger charge is 2.41. The lowest BCUT2D eigenvalue weighted by Crippen LogP contribution is -2.17. The van der Waals surface area contributed by atoms with Crippen LogP contribution < -0.4 is 11.1 Å². The van der Waals surface area contributed by atoms with E-state index in [9.17, 15) is 4.79 Å². The molecule has 1 saturated carbocycles. The van der Waals surface area contributed by atoms with Crippen LogP contribution in [-0.2, 0) is 4.74 Å². The van der Waals surface area contributed by atoms with Crippen LogP contribution in [0.3, 0.4) is 0 Å². The molecule has 4 heteroatoms. The third-order valence-corrected chi connectivity index (χ3v) is 3.99. The minimum absolute atomic E-state index is 0.357. The van der Waals surface area contributed by atoms with E-state index in [1.807, 2.05) is 12.1 Å². The number of para-hydroxylation sites is 1. The lowest BCUT2D eigenvalue weighted by atomic mass is 10.0. The summed E-state index contributed by atoms with van der Waals surface area (Å²) in [5.74, 6) is -0.358. The van der Waals surface area contributed by atoms with Crippen molar-refractivity contribution >= 4 is 17.3 Å². The van der Waals surface area contributed by atoms with E-state index in [-0.39, 0.29) is 5.97 Å². The van der Waals surface area contributed by atoms with Gasteiger partial charge in [-0.3, -0.25) is 0 Å². The van der Waals surface area contributed by atoms with Crippen molar-refractivity contribution in [3.05, 3.63) is 23.8 Å². The van der Waals surface area contributed by atoms with Gasteiger partial charge >= 0.3 is 5.97 Å². The molecule has 1 fully saturated rings. The number of anilines is 2. The van der Waals surface area contributed by atoms with Crippen LogP contribution in [0.25, 0.3) is 0 Å². The van der Waals surface area contributed by atoms with E-state index >= 15 is 0 Å². The van der Waals surface area contributed by atoms with Crippen LogP contribution in [-0.4, -0.2) is 19.1 Å². The first kappa shape index (κ1) is 14.7. The van der Waals surface area contributed by atoms with Gasteiger partial charge in [0.2, 0.25) is 0 Å². The molecule has 0 bridgehead atoms. The highest BCUT2D eigenvalue weighted by atomic mass is 16.5. The summed E-state index contributed by atoms with van der Waals surface area (Å²) in [6, 6.07) is 5.46. The van der Waals surface area contributed by atoms with E-state index in [2.05, 4.69) is 12.2 Å². The molecule has 0 aromatic heterocycles. The molecule has 20 heavy (non-hydrogen) atoms. The minimum atomic E-state index is -0.358. The van der Waals surface area contributed by atoms with Crippen molar-refractivity contribution in [3.63, 3.8) is 0 Å². The van der Waals surface area contributed by atoms with E-state index in [1.165, 1.54) is 25.7 Å². The fourth-order valence-electron chi connectivity index (χ4n) is 2.61. The number of nitrogens with two attached hydrogens (primary N) is 1. The Morgan fingerprint density at radius 3 is 2.75 bits per heavy atom. The molecule has 1 aromatic carbocycles. The van der Waals surface area contributed by atoms with Crippen LogP contribution in [0.4, 0.5) is 11.4 Å². The molecule has 0 amide bonds. The fraction of sp³-hybridized carbons (Fsp3) is 0.562. The number of hydrogen-bond acceptors (Lipinski definition) is 4. The quantitative estimate of drug-likeness (QED) is 0.591. The summed E-state index contributed by atoms with van der Waals surface area (Å²) in [7, 11) is 0. The molecule has 0 unspecified atom stereocenters. The molecule has 0 spiro atoms. The second-order valence-electron chi connectivity index (χ2n) is 5.59. The van der Waals surface area contributed by atoms with Crippen LogP contribution in [0.1, 0.15) is 49.9 Å². The lowest BCUT2D eigenvalue weighted by Gasteiger charge is -2.18. The number of nitrogen functional groups attached to an aromatic ring is 1. The zero-order chi connectivity index (χ0) is 14.6. The third-order valence-electron chi connectivity index (χ3n) is 3.99. The number of benzene rings is 1. The minimum Gasteiger partial charge on any atom is -0.462 e. The van der Waals surface area contributed by atoms with Gasteiger partial charge < -0.3 is 15.8 Å². The molecule has 0 radical (unpaired) electrons. The number of rotatable bonds is 7. The van der Waals surface area contributed by atoms with Crippen molar-refractivity contribution in [1.82, 2.24) is 0 Å². The van der Waals surface area contributed by atoms with Crippen molar-refractivity contribution in [2.24, 2.45) is 5.41 Å². The zero-order valence-corrected chi connectivity index (χ0v) is 12.4. The topological polar surface area (TPSA) is 64.3 Å². The maximum absolute atomic E-state index is 11.8. The average molecular weight is 276 g/mol. The van der Waals surface area contributed by atoms with Crippen molar-refractivity contribution in [2.45, 2.75) is 39.5 Å². The zero-order valence-electron chi connectivity index (χ0n) is 12.4. The van der Waals surface area contributed by atoms with Gasteiger partial charge in [0.25, 0.3) is 0 Å². The number of hydrogen-bond donors (Lipinski definition) is 2. The van der Waals surface area contributed by atoms with Crippen LogP contribution >= 0.6 is 0 Å². The number of nitrogens with one attached hydrogen (secondary N) is 1. The molecule has 110 valence electrons. The van der Waals surface area contributed by atoms with Crippen LogP contribution in [0, 0.1) is 5.41 Å². The third kappa shape index (κ3) is 3.24. The number of carbonyl (C=O) groups is 1. The summed E-state index contributed by atoms with van der Waals surface area (Å²) in [6.07, 6.45) is 5.02. The molecule has 2 rings (SSSR count). The van der Waals surface area contributed by atoms with Crippen molar-refractivity contribution in [1.29, 1.82) is 0 Å². The van der Waals surface area contributed by atoms with Crippen molar-refractivity contribution in [3.8, 4) is 0 Å². The monoisotopic (exact) mass is 276 g/mol. The predicted molar refractivity (Wildman–Crippen MR) is 81.9 cm³/mol. The van der Waals surface area contributed by atoms with Gasteiger partial charge in [-0.1, -0.05) is 19.4 Å². The Balaban J connectivity index is 2.05. The van der Waals surface area contributed by atoms with Crippen molar-refractivity contribution < 1.29 is 9.53 Å². The Morgan fingerprint density at radius 2 is 2.15 bits per heavy atom. The van der Waals surface area contributed by atoms with E-state index in [0.29, 0.717) is 23.3 Å². The van der Waals surface area contributed by atoms with E-state index in [1.54, 1.807) is 13.0 Å². The summed E-state index contributed by atoms with van der Waals surface area (Å²) >= 11 is 0. The molecule has 1 aliphatic carbocycles. The maximum atomic E-state index is 11.8. The first-order chi connectivity index (χ1) is 9.62. The standard InChI is InChI=1S/C16H24N2O2/c1-3-8-16(9-10-16)11-18-13-7-5-6-12(14(13)17)15(19)20-4-2/h5-7,18H,3-4,8-11,17H2,1-2H3. The Bertz CT molecular complexity index is 481. The molecule has 1 aromatic rings. The largest absolute Gasteiger partial charge is 0.462 e. The van der Waals surface area contributed by atoms with E-state index in [4.69, 9.17) is 10.5 Å². The molecular weight excluding hydrogens is 252 g/mol. The summed E-state index contributed by atoms with van der Waals surface area (Å²) < 4.78 is 5.01. The predicted octanol–water partition coefficient (Wildman–Crippen LogP) is 3.44. The Morgan fingerprint density at radius 1 is 1.40 bits per heavy atom. The summed E-state index contributed by atoms with van der Waals surface area (Å²) in [5, 5.41) is 3.41. The fourth-order valence-corrected chi connectivity index (χ4v) is 2.61. The van der Waals surface area contributed by atoms with Gasteiger partial charge in [-0.05, 0) is 43.7 Å². The van der Waals surface area contributed by atoms with Gasteiger partial charge in [0, 0.05) is 6.54 Å². The molecule has 0 aliphatic heterocycles. The molecule has 0 heterocycles. The van der Waals surface area contributed by atoms with Gasteiger partial charge in [0.05, 0.1) is 23.5 Å². The summed E-state index contributed by atoms with van der Waals surface area (Å²) in [5.41, 5.74) is 8.28. The Hall–Kier alpha value is -1.71. The maximum Gasteiger partial charge on any atom is 0.340 e. The molecule has 0 atom stereocenters. The van der Waals surface area contributed by atoms with Gasteiger partial charge in [-0.25, -0.2) is 4.79 Å².